The van der Waals surface area contributed by atoms with Gasteiger partial charge in [-0.3, -0.25) is 14.2 Å². The molecule has 7 heteroatoms. The monoisotopic (exact) mass is 344 g/mol. The molecule has 0 fully saturated rings. The van der Waals surface area contributed by atoms with Crippen molar-refractivity contribution < 1.29 is 4.79 Å². The van der Waals surface area contributed by atoms with Crippen LogP contribution in [-0.2, 0) is 11.3 Å². The highest BCUT2D eigenvalue weighted by Gasteiger charge is 2.17. The second-order valence-corrected chi connectivity index (χ2v) is 6.94. The van der Waals surface area contributed by atoms with Crippen LogP contribution in [0.15, 0.2) is 10.9 Å². The van der Waals surface area contributed by atoms with Crippen LogP contribution in [0.4, 0.5) is 0 Å². The maximum absolute atomic E-state index is 12.9. The number of carbonyl (C=O) groups excluding carboxylic acids is 1. The smallest absolute Gasteiger partial charge is 0.272 e. The molecule has 3 aromatic heterocycles. The van der Waals surface area contributed by atoms with Crippen molar-refractivity contribution in [3.8, 4) is 0 Å². The van der Waals surface area contributed by atoms with Crippen molar-refractivity contribution in [1.29, 1.82) is 0 Å². The molecule has 0 aliphatic carbocycles. The summed E-state index contributed by atoms with van der Waals surface area (Å²) in [5.41, 5.74) is 2.49. The topological polar surface area (TPSA) is 76.9 Å². The number of hydrogen-bond acceptors (Lipinski definition) is 5. The van der Waals surface area contributed by atoms with Gasteiger partial charge in [0, 0.05) is 17.6 Å². The summed E-state index contributed by atoms with van der Waals surface area (Å²) in [5, 5.41) is 3.72. The number of fused-ring (bicyclic) bond motifs is 3. The first-order valence-corrected chi connectivity index (χ1v) is 8.78. The summed E-state index contributed by atoms with van der Waals surface area (Å²) in [5.74, 6) is 0.369. The maximum atomic E-state index is 12.9. The third-order valence-corrected chi connectivity index (χ3v) is 5.00. The molecule has 3 rings (SSSR count). The molecular weight excluding hydrogens is 324 g/mol. The fourth-order valence-corrected chi connectivity index (χ4v) is 4.00. The van der Waals surface area contributed by atoms with E-state index >= 15 is 0 Å². The summed E-state index contributed by atoms with van der Waals surface area (Å²) in [7, 11) is 0. The number of amides is 1. The van der Waals surface area contributed by atoms with Gasteiger partial charge in [0.1, 0.15) is 21.9 Å². The second-order valence-electron chi connectivity index (χ2n) is 5.94. The van der Waals surface area contributed by atoms with Gasteiger partial charge in [0.05, 0.1) is 5.52 Å². The van der Waals surface area contributed by atoms with Crippen LogP contribution in [0, 0.1) is 20.8 Å². The van der Waals surface area contributed by atoms with Crippen molar-refractivity contribution >= 4 is 37.7 Å². The minimum Gasteiger partial charge on any atom is -0.355 e. The summed E-state index contributed by atoms with van der Waals surface area (Å²) in [6.45, 7) is 8.28. The summed E-state index contributed by atoms with van der Waals surface area (Å²) in [6.07, 6.45) is 0.859. The van der Waals surface area contributed by atoms with Gasteiger partial charge in [-0.1, -0.05) is 6.92 Å². The van der Waals surface area contributed by atoms with Gasteiger partial charge in [-0.2, -0.15) is 0 Å². The molecule has 126 valence electrons. The van der Waals surface area contributed by atoms with Gasteiger partial charge in [0.25, 0.3) is 5.56 Å². The molecule has 0 atom stereocenters. The molecule has 6 nitrogen and oxygen atoms in total. The molecule has 0 spiro atoms. The lowest BCUT2D eigenvalue weighted by Crippen LogP contribution is -2.34. The first-order chi connectivity index (χ1) is 11.4. The Labute approximate surface area is 143 Å². The van der Waals surface area contributed by atoms with Gasteiger partial charge in [0.2, 0.25) is 5.91 Å². The van der Waals surface area contributed by atoms with Crippen molar-refractivity contribution in [3.63, 3.8) is 0 Å². The highest BCUT2D eigenvalue weighted by atomic mass is 32.1. The van der Waals surface area contributed by atoms with Gasteiger partial charge in [0.15, 0.2) is 0 Å². The first kappa shape index (κ1) is 16.6. The molecule has 0 bridgehead atoms. The predicted molar refractivity (Wildman–Crippen MR) is 96.7 cm³/mol. The standard InChI is InChI=1S/C17H20N4O2S/c1-5-6-18-12(22)8-21-11(4)20-14-13-9(2)7-10(3)19-16(13)24-15(14)17(21)23/h7H,5-6,8H2,1-4H3,(H,18,22). The number of aryl methyl sites for hydroxylation is 3. The molecular formula is C17H20N4O2S. The minimum absolute atomic E-state index is 0.00666. The average molecular weight is 344 g/mol. The Morgan fingerprint density at radius 3 is 2.75 bits per heavy atom. The van der Waals surface area contributed by atoms with E-state index in [1.54, 1.807) is 6.92 Å². The fourth-order valence-electron chi connectivity index (χ4n) is 2.82. The first-order valence-electron chi connectivity index (χ1n) is 7.97. The largest absolute Gasteiger partial charge is 0.355 e. The Kier molecular flexibility index (Phi) is 4.36. The Morgan fingerprint density at radius 2 is 2.04 bits per heavy atom. The summed E-state index contributed by atoms with van der Waals surface area (Å²) in [6, 6.07) is 2.00. The number of rotatable bonds is 4. The summed E-state index contributed by atoms with van der Waals surface area (Å²) < 4.78 is 1.99. The second kappa shape index (κ2) is 6.32. The fraction of sp³-hybridized carbons (Fsp3) is 0.412. The van der Waals surface area contributed by atoms with E-state index in [4.69, 9.17) is 0 Å². The SMILES string of the molecule is CCCNC(=O)Cn1c(C)nc2c(sc3nc(C)cc(C)c32)c1=O. The summed E-state index contributed by atoms with van der Waals surface area (Å²) >= 11 is 1.35. The van der Waals surface area contributed by atoms with Crippen LogP contribution in [0.5, 0.6) is 0 Å². The molecule has 1 amide bonds. The predicted octanol–water partition coefficient (Wildman–Crippen LogP) is 2.46. The van der Waals surface area contributed by atoms with Crippen LogP contribution in [0.3, 0.4) is 0 Å². The van der Waals surface area contributed by atoms with E-state index in [1.807, 2.05) is 26.8 Å². The van der Waals surface area contributed by atoms with E-state index in [9.17, 15) is 9.59 Å². The van der Waals surface area contributed by atoms with E-state index in [0.717, 1.165) is 27.9 Å². The van der Waals surface area contributed by atoms with E-state index < -0.39 is 0 Å². The van der Waals surface area contributed by atoms with Crippen molar-refractivity contribution in [3.05, 3.63) is 33.5 Å². The Hall–Kier alpha value is -2.28. The van der Waals surface area contributed by atoms with Crippen LogP contribution in [-0.4, -0.2) is 27.0 Å². The van der Waals surface area contributed by atoms with Gasteiger partial charge >= 0.3 is 0 Å². The molecule has 24 heavy (non-hydrogen) atoms. The molecule has 3 aromatic rings. The highest BCUT2D eigenvalue weighted by Crippen LogP contribution is 2.32. The number of thiophene rings is 1. The Balaban J connectivity index is 2.17. The third kappa shape index (κ3) is 2.80. The molecule has 1 N–H and O–H groups in total. The third-order valence-electron chi connectivity index (χ3n) is 3.94. The number of carbonyl (C=O) groups is 1. The van der Waals surface area contributed by atoms with E-state index in [0.29, 0.717) is 22.6 Å². The maximum Gasteiger partial charge on any atom is 0.272 e. The number of pyridine rings is 1. The molecule has 0 aliphatic heterocycles. The average Bonchev–Trinajstić information content (AvgIpc) is 2.87. The van der Waals surface area contributed by atoms with Crippen molar-refractivity contribution in [2.24, 2.45) is 0 Å². The van der Waals surface area contributed by atoms with Crippen molar-refractivity contribution in [1.82, 2.24) is 19.9 Å². The van der Waals surface area contributed by atoms with E-state index in [1.165, 1.54) is 15.9 Å². The minimum atomic E-state index is -0.177. The zero-order chi connectivity index (χ0) is 17.4. The van der Waals surface area contributed by atoms with Crippen LogP contribution >= 0.6 is 11.3 Å². The van der Waals surface area contributed by atoms with Gasteiger partial charge < -0.3 is 5.32 Å². The zero-order valence-corrected chi connectivity index (χ0v) is 15.1. The van der Waals surface area contributed by atoms with Crippen molar-refractivity contribution in [2.45, 2.75) is 40.7 Å². The molecule has 0 aromatic carbocycles. The van der Waals surface area contributed by atoms with Gasteiger partial charge in [-0.25, -0.2) is 9.97 Å². The molecule has 0 radical (unpaired) electrons. The summed E-state index contributed by atoms with van der Waals surface area (Å²) in [4.78, 5) is 34.8. The van der Waals surface area contributed by atoms with Crippen LogP contribution in [0.25, 0.3) is 20.4 Å². The normalized spacial score (nSPS) is 11.3. The van der Waals surface area contributed by atoms with Gasteiger partial charge in [-0.15, -0.1) is 11.3 Å². The Morgan fingerprint density at radius 1 is 1.29 bits per heavy atom. The van der Waals surface area contributed by atoms with Crippen molar-refractivity contribution in [2.75, 3.05) is 6.54 Å². The Bertz CT molecular complexity index is 1000. The van der Waals surface area contributed by atoms with E-state index in [-0.39, 0.29) is 18.0 Å². The number of nitrogens with zero attached hydrogens (tertiary/aromatic N) is 3. The van der Waals surface area contributed by atoms with Crippen LogP contribution in [0.2, 0.25) is 0 Å². The van der Waals surface area contributed by atoms with Crippen LogP contribution in [0.1, 0.15) is 30.4 Å². The number of hydrogen-bond donors (Lipinski definition) is 1. The molecule has 0 saturated carbocycles. The molecule has 0 saturated heterocycles. The quantitative estimate of drug-likeness (QED) is 0.789. The van der Waals surface area contributed by atoms with Gasteiger partial charge in [-0.05, 0) is 38.8 Å². The number of nitrogens with one attached hydrogen (secondary N) is 1. The molecule has 3 heterocycles. The lowest BCUT2D eigenvalue weighted by Gasteiger charge is -2.09. The lowest BCUT2D eigenvalue weighted by molar-refractivity contribution is -0.121. The van der Waals surface area contributed by atoms with E-state index in [2.05, 4.69) is 15.3 Å². The highest BCUT2D eigenvalue weighted by molar-refractivity contribution is 7.25. The lowest BCUT2D eigenvalue weighted by atomic mass is 10.1. The van der Waals surface area contributed by atoms with Crippen LogP contribution < -0.4 is 10.9 Å². The number of aromatic nitrogens is 3. The molecule has 0 aliphatic rings. The zero-order valence-electron chi connectivity index (χ0n) is 14.3. The molecule has 0 unspecified atom stereocenters.